The van der Waals surface area contributed by atoms with E-state index in [1.54, 1.807) is 0 Å². The maximum atomic E-state index is 12.2. The number of nitrogens with zero attached hydrogens (tertiary/aromatic N) is 1. The first-order valence-electron chi connectivity index (χ1n) is 7.98. The van der Waals surface area contributed by atoms with Gasteiger partial charge in [0.1, 0.15) is 10.8 Å². The van der Waals surface area contributed by atoms with Crippen molar-refractivity contribution >= 4 is 17.2 Å². The number of aromatic nitrogens is 1. The normalized spacial score (nSPS) is 11.2. The Morgan fingerprint density at radius 3 is 2.44 bits per heavy atom. The van der Waals surface area contributed by atoms with Crippen molar-refractivity contribution in [2.75, 3.05) is 6.61 Å². The van der Waals surface area contributed by atoms with Crippen LogP contribution in [-0.4, -0.2) is 23.7 Å². The van der Waals surface area contributed by atoms with Crippen molar-refractivity contribution in [3.63, 3.8) is 0 Å². The minimum absolute atomic E-state index is 0.0521. The molecule has 0 aliphatic rings. The highest BCUT2D eigenvalue weighted by Gasteiger charge is 2.28. The van der Waals surface area contributed by atoms with Gasteiger partial charge in [0.2, 0.25) is 0 Å². The van der Waals surface area contributed by atoms with E-state index in [1.807, 2.05) is 35.7 Å². The van der Waals surface area contributed by atoms with Gasteiger partial charge < -0.3 is 10.1 Å². The van der Waals surface area contributed by atoms with Gasteiger partial charge in [-0.15, -0.1) is 11.3 Å². The van der Waals surface area contributed by atoms with Crippen LogP contribution in [0.4, 0.5) is 13.2 Å². The molecule has 0 bridgehead atoms. The number of thiazole rings is 1. The molecule has 0 saturated heterocycles. The monoisotopic (exact) mass is 392 g/mol. The van der Waals surface area contributed by atoms with E-state index >= 15 is 0 Å². The topological polar surface area (TPSA) is 51.2 Å². The SMILES string of the molecule is O=C(NCc1nc(-c2ccccc2)cs1)c1ccc(OCC(F)(F)F)cc1. The number of amides is 1. The number of carbonyl (C=O) groups excluding carboxylic acids is 1. The number of hydrogen-bond donors (Lipinski definition) is 1. The fourth-order valence-corrected chi connectivity index (χ4v) is 3.00. The fourth-order valence-electron chi connectivity index (χ4n) is 2.26. The van der Waals surface area contributed by atoms with Crippen molar-refractivity contribution in [2.45, 2.75) is 12.7 Å². The zero-order valence-electron chi connectivity index (χ0n) is 14.0. The molecule has 0 spiro atoms. The molecule has 0 radical (unpaired) electrons. The molecule has 27 heavy (non-hydrogen) atoms. The lowest BCUT2D eigenvalue weighted by Crippen LogP contribution is -2.22. The maximum absolute atomic E-state index is 12.2. The molecule has 0 unspecified atom stereocenters. The summed E-state index contributed by atoms with van der Waals surface area (Å²) in [7, 11) is 0. The van der Waals surface area contributed by atoms with Crippen molar-refractivity contribution in [3.8, 4) is 17.0 Å². The van der Waals surface area contributed by atoms with Gasteiger partial charge in [-0.05, 0) is 24.3 Å². The van der Waals surface area contributed by atoms with Crippen LogP contribution >= 0.6 is 11.3 Å². The van der Waals surface area contributed by atoms with Crippen LogP contribution < -0.4 is 10.1 Å². The number of carbonyl (C=O) groups is 1. The molecule has 0 aliphatic heterocycles. The Labute approximate surface area is 157 Å². The van der Waals surface area contributed by atoms with Gasteiger partial charge in [0.15, 0.2) is 6.61 Å². The van der Waals surface area contributed by atoms with E-state index in [-0.39, 0.29) is 18.2 Å². The van der Waals surface area contributed by atoms with Crippen LogP contribution in [0.3, 0.4) is 0 Å². The quantitative estimate of drug-likeness (QED) is 0.663. The van der Waals surface area contributed by atoms with Gasteiger partial charge >= 0.3 is 6.18 Å². The summed E-state index contributed by atoms with van der Waals surface area (Å²) in [5, 5.41) is 5.42. The van der Waals surface area contributed by atoms with E-state index < -0.39 is 12.8 Å². The number of nitrogens with one attached hydrogen (secondary N) is 1. The van der Waals surface area contributed by atoms with Crippen molar-refractivity contribution in [3.05, 3.63) is 70.5 Å². The van der Waals surface area contributed by atoms with Crippen LogP contribution in [0.5, 0.6) is 5.75 Å². The highest BCUT2D eigenvalue weighted by molar-refractivity contribution is 7.09. The van der Waals surface area contributed by atoms with Crippen LogP contribution in [0.15, 0.2) is 60.0 Å². The number of ether oxygens (including phenoxy) is 1. The molecule has 140 valence electrons. The average molecular weight is 392 g/mol. The third kappa shape index (κ3) is 5.55. The maximum Gasteiger partial charge on any atom is 0.422 e. The van der Waals surface area contributed by atoms with Crippen LogP contribution in [0.2, 0.25) is 0 Å². The van der Waals surface area contributed by atoms with Crippen LogP contribution in [0, 0.1) is 0 Å². The molecule has 0 aliphatic carbocycles. The minimum atomic E-state index is -4.40. The lowest BCUT2D eigenvalue weighted by atomic mass is 10.2. The highest BCUT2D eigenvalue weighted by atomic mass is 32.1. The van der Waals surface area contributed by atoms with E-state index in [2.05, 4.69) is 15.0 Å². The van der Waals surface area contributed by atoms with Crippen LogP contribution in [-0.2, 0) is 6.54 Å². The second-order valence-corrected chi connectivity index (χ2v) is 6.55. The molecule has 3 aromatic rings. The number of rotatable bonds is 6. The first kappa shape index (κ1) is 18.9. The van der Waals surface area contributed by atoms with E-state index in [0.717, 1.165) is 16.3 Å². The zero-order valence-corrected chi connectivity index (χ0v) is 14.8. The Morgan fingerprint density at radius 2 is 1.78 bits per heavy atom. The van der Waals surface area contributed by atoms with Gasteiger partial charge in [-0.2, -0.15) is 13.2 Å². The first-order valence-corrected chi connectivity index (χ1v) is 8.86. The summed E-state index contributed by atoms with van der Waals surface area (Å²) >= 11 is 1.44. The Bertz CT molecular complexity index is 893. The summed E-state index contributed by atoms with van der Waals surface area (Å²) < 4.78 is 41.0. The molecule has 4 nitrogen and oxygen atoms in total. The molecule has 1 aromatic heterocycles. The standard InChI is InChI=1S/C19H15F3N2O2S/c20-19(21,22)12-26-15-8-6-14(7-9-15)18(25)23-10-17-24-16(11-27-17)13-4-2-1-3-5-13/h1-9,11H,10,12H2,(H,23,25). The number of benzene rings is 2. The van der Waals surface area contributed by atoms with Gasteiger partial charge in [0, 0.05) is 16.5 Å². The predicted octanol–water partition coefficient (Wildman–Crippen LogP) is 4.68. The Hall–Kier alpha value is -2.87. The van der Waals surface area contributed by atoms with Crippen molar-refractivity contribution in [1.29, 1.82) is 0 Å². The van der Waals surface area contributed by atoms with E-state index in [1.165, 1.54) is 35.6 Å². The fraction of sp³-hybridized carbons (Fsp3) is 0.158. The van der Waals surface area contributed by atoms with Gasteiger partial charge in [0.25, 0.3) is 5.91 Å². The molecular formula is C19H15F3N2O2S. The third-order valence-electron chi connectivity index (χ3n) is 3.54. The van der Waals surface area contributed by atoms with Gasteiger partial charge in [0.05, 0.1) is 12.2 Å². The molecular weight excluding hydrogens is 377 g/mol. The Kier molecular flexibility index (Phi) is 5.75. The Morgan fingerprint density at radius 1 is 1.07 bits per heavy atom. The minimum Gasteiger partial charge on any atom is -0.484 e. The van der Waals surface area contributed by atoms with Crippen LogP contribution in [0.1, 0.15) is 15.4 Å². The molecule has 0 saturated carbocycles. The predicted molar refractivity (Wildman–Crippen MR) is 96.7 cm³/mol. The average Bonchev–Trinajstić information content (AvgIpc) is 3.14. The second kappa shape index (κ2) is 8.22. The second-order valence-electron chi connectivity index (χ2n) is 5.60. The summed E-state index contributed by atoms with van der Waals surface area (Å²) in [6.07, 6.45) is -4.40. The molecule has 2 aromatic carbocycles. The van der Waals surface area contributed by atoms with Crippen molar-refractivity contribution in [2.24, 2.45) is 0 Å². The number of hydrogen-bond acceptors (Lipinski definition) is 4. The van der Waals surface area contributed by atoms with E-state index in [9.17, 15) is 18.0 Å². The largest absolute Gasteiger partial charge is 0.484 e. The third-order valence-corrected chi connectivity index (χ3v) is 4.39. The number of alkyl halides is 3. The lowest BCUT2D eigenvalue weighted by Gasteiger charge is -2.09. The molecule has 1 amide bonds. The molecule has 0 fully saturated rings. The van der Waals surface area contributed by atoms with Gasteiger partial charge in [-0.1, -0.05) is 30.3 Å². The molecule has 8 heteroatoms. The summed E-state index contributed by atoms with van der Waals surface area (Å²) in [5.74, 6) is -0.287. The molecule has 3 rings (SSSR count). The van der Waals surface area contributed by atoms with E-state index in [0.29, 0.717) is 5.56 Å². The summed E-state index contributed by atoms with van der Waals surface area (Å²) in [6.45, 7) is -1.10. The van der Waals surface area contributed by atoms with Crippen molar-refractivity contribution in [1.82, 2.24) is 10.3 Å². The lowest BCUT2D eigenvalue weighted by molar-refractivity contribution is -0.153. The molecule has 1 N–H and O–H groups in total. The molecule has 0 atom stereocenters. The smallest absolute Gasteiger partial charge is 0.422 e. The highest BCUT2D eigenvalue weighted by Crippen LogP contribution is 2.22. The summed E-state index contributed by atoms with van der Waals surface area (Å²) in [5.41, 5.74) is 2.17. The Balaban J connectivity index is 1.54. The van der Waals surface area contributed by atoms with Gasteiger partial charge in [-0.25, -0.2) is 4.98 Å². The summed E-state index contributed by atoms with van der Waals surface area (Å²) in [4.78, 5) is 16.7. The van der Waals surface area contributed by atoms with E-state index in [4.69, 9.17) is 0 Å². The van der Waals surface area contributed by atoms with Gasteiger partial charge in [-0.3, -0.25) is 4.79 Å². The van der Waals surface area contributed by atoms with Crippen molar-refractivity contribution < 1.29 is 22.7 Å². The molecule has 1 heterocycles. The summed E-state index contributed by atoms with van der Waals surface area (Å²) in [6, 6.07) is 15.2. The first-order chi connectivity index (χ1) is 12.9. The number of halogens is 3. The zero-order chi connectivity index (χ0) is 19.3. The van der Waals surface area contributed by atoms with Crippen LogP contribution in [0.25, 0.3) is 11.3 Å².